The summed E-state index contributed by atoms with van der Waals surface area (Å²) in [6.45, 7) is 3.41. The first-order chi connectivity index (χ1) is 15.7. The highest BCUT2D eigenvalue weighted by Gasteiger charge is 2.47. The van der Waals surface area contributed by atoms with Crippen LogP contribution in [0.5, 0.6) is 0 Å². The molecule has 2 N–H and O–H groups in total. The van der Waals surface area contributed by atoms with Crippen molar-refractivity contribution in [1.29, 1.82) is 0 Å². The number of thioether (sulfide) groups is 1. The molecule has 0 radical (unpaired) electrons. The van der Waals surface area contributed by atoms with Gasteiger partial charge in [-0.2, -0.15) is 11.8 Å². The Morgan fingerprint density at radius 3 is 3.03 bits per heavy atom. The van der Waals surface area contributed by atoms with Crippen LogP contribution in [-0.4, -0.2) is 76.5 Å². The lowest BCUT2D eigenvalue weighted by atomic mass is 9.68. The second-order valence-electron chi connectivity index (χ2n) is 11.0. The zero-order chi connectivity index (χ0) is 21.7. The van der Waals surface area contributed by atoms with E-state index < -0.39 is 0 Å². The van der Waals surface area contributed by atoms with Crippen LogP contribution < -0.4 is 10.6 Å². The molecule has 0 aromatic rings. The zero-order valence-corrected chi connectivity index (χ0v) is 20.0. The summed E-state index contributed by atoms with van der Waals surface area (Å²) in [5.74, 6) is 2.77. The summed E-state index contributed by atoms with van der Waals surface area (Å²) in [5.41, 5.74) is 1.59. The van der Waals surface area contributed by atoms with Crippen LogP contribution in [0.1, 0.15) is 64.2 Å². The van der Waals surface area contributed by atoms with E-state index in [9.17, 15) is 9.59 Å². The molecule has 0 aromatic heterocycles. The van der Waals surface area contributed by atoms with E-state index in [-0.39, 0.29) is 12.1 Å². The van der Waals surface area contributed by atoms with E-state index in [4.69, 9.17) is 0 Å². The van der Waals surface area contributed by atoms with Gasteiger partial charge in [0.05, 0.1) is 18.1 Å². The van der Waals surface area contributed by atoms with Gasteiger partial charge in [-0.15, -0.1) is 0 Å². The highest BCUT2D eigenvalue weighted by molar-refractivity contribution is 8.00. The number of nitrogens with one attached hydrogen (secondary N) is 2. The van der Waals surface area contributed by atoms with Crippen molar-refractivity contribution >= 4 is 23.7 Å². The summed E-state index contributed by atoms with van der Waals surface area (Å²) in [6.07, 6.45) is 14.2. The number of carbonyl (C=O) groups excluding carboxylic acids is 2. The third kappa shape index (κ3) is 3.87. The molecular formula is C25H38N4O2S. The highest BCUT2D eigenvalue weighted by atomic mass is 32.2. The normalized spacial score (nSPS) is 40.6. The summed E-state index contributed by atoms with van der Waals surface area (Å²) in [5, 5.41) is 6.59. The molecule has 176 valence electrons. The minimum Gasteiger partial charge on any atom is -0.336 e. The molecule has 1 aliphatic carbocycles. The molecule has 0 unspecified atom stereocenters. The number of amides is 3. The number of carbonyl (C=O) groups is 2. The molecule has 6 aliphatic rings. The van der Waals surface area contributed by atoms with Crippen molar-refractivity contribution in [2.45, 2.75) is 93.6 Å². The summed E-state index contributed by atoms with van der Waals surface area (Å²) < 4.78 is 0. The second-order valence-corrected chi connectivity index (χ2v) is 12.2. The predicted octanol–water partition coefficient (Wildman–Crippen LogP) is 3.13. The van der Waals surface area contributed by atoms with Gasteiger partial charge in [0.15, 0.2) is 0 Å². The van der Waals surface area contributed by atoms with Gasteiger partial charge in [-0.3, -0.25) is 9.69 Å². The molecule has 2 bridgehead atoms. The standard InChI is InChI=1S/C25H38N4O2S/c30-22(9-2-1-8-21-23-19(15-32-21)26-25(31)27-23)29-11-5-6-16-12-17-13-18(24(16)29)14-28-10-4-3-7-20(17)28/h12,17-21,23-24H,1-11,13-15H2,(H2,26,27,31)/t17-,18+,19-,20-,21-,23-,24-/m0/s1. The summed E-state index contributed by atoms with van der Waals surface area (Å²) in [6, 6.07) is 1.71. The number of hydrogen-bond donors (Lipinski definition) is 2. The van der Waals surface area contributed by atoms with Crippen molar-refractivity contribution in [2.75, 3.05) is 25.4 Å². The minimum atomic E-state index is -0.0113. The molecule has 6 rings (SSSR count). The monoisotopic (exact) mass is 458 g/mol. The fourth-order valence-corrected chi connectivity index (χ4v) is 9.21. The Morgan fingerprint density at radius 1 is 1.16 bits per heavy atom. The Morgan fingerprint density at radius 2 is 2.09 bits per heavy atom. The van der Waals surface area contributed by atoms with Crippen molar-refractivity contribution in [3.63, 3.8) is 0 Å². The number of hydrogen-bond acceptors (Lipinski definition) is 4. The van der Waals surface area contributed by atoms with Gasteiger partial charge in [-0.1, -0.05) is 24.5 Å². The van der Waals surface area contributed by atoms with Gasteiger partial charge in [-0.05, 0) is 63.3 Å². The van der Waals surface area contributed by atoms with E-state index in [1.165, 1.54) is 45.2 Å². The van der Waals surface area contributed by atoms with Crippen LogP contribution in [0, 0.1) is 11.8 Å². The fourth-order valence-electron chi connectivity index (χ4n) is 7.66. The number of fused-ring (bicyclic) bond motifs is 7. The van der Waals surface area contributed by atoms with Gasteiger partial charge in [0, 0.05) is 36.6 Å². The maximum atomic E-state index is 13.3. The quantitative estimate of drug-likeness (QED) is 0.377. The molecule has 0 aromatic carbocycles. The maximum absolute atomic E-state index is 13.3. The maximum Gasteiger partial charge on any atom is 0.315 e. The Hall–Kier alpha value is -1.21. The summed E-state index contributed by atoms with van der Waals surface area (Å²) >= 11 is 1.97. The van der Waals surface area contributed by atoms with Crippen molar-refractivity contribution < 1.29 is 9.59 Å². The van der Waals surface area contributed by atoms with Crippen LogP contribution in [0.2, 0.25) is 0 Å². The first-order valence-corrected chi connectivity index (χ1v) is 14.1. The number of nitrogens with zero attached hydrogens (tertiary/aromatic N) is 2. The first-order valence-electron chi connectivity index (χ1n) is 13.1. The predicted molar refractivity (Wildman–Crippen MR) is 128 cm³/mol. The Kier molecular flexibility index (Phi) is 5.91. The number of urea groups is 1. The lowest BCUT2D eigenvalue weighted by Gasteiger charge is -2.54. The highest BCUT2D eigenvalue weighted by Crippen LogP contribution is 2.45. The Labute approximate surface area is 196 Å². The molecule has 32 heavy (non-hydrogen) atoms. The van der Waals surface area contributed by atoms with Crippen LogP contribution in [-0.2, 0) is 4.79 Å². The fraction of sp³-hybridized carbons (Fsp3) is 0.840. The molecule has 5 aliphatic heterocycles. The average Bonchev–Trinajstić information content (AvgIpc) is 3.35. The van der Waals surface area contributed by atoms with E-state index in [0.717, 1.165) is 49.9 Å². The van der Waals surface area contributed by atoms with E-state index in [2.05, 4.69) is 26.5 Å². The van der Waals surface area contributed by atoms with Gasteiger partial charge >= 0.3 is 6.03 Å². The lowest BCUT2D eigenvalue weighted by Crippen LogP contribution is -2.60. The van der Waals surface area contributed by atoms with Crippen molar-refractivity contribution in [3.8, 4) is 0 Å². The summed E-state index contributed by atoms with van der Waals surface area (Å²) in [4.78, 5) is 29.9. The Bertz CT molecular complexity index is 788. The zero-order valence-electron chi connectivity index (χ0n) is 19.1. The number of likely N-dealkylation sites (tertiary alicyclic amines) is 1. The van der Waals surface area contributed by atoms with E-state index >= 15 is 0 Å². The molecule has 0 saturated carbocycles. The van der Waals surface area contributed by atoms with E-state index in [1.54, 1.807) is 5.57 Å². The molecular weight excluding hydrogens is 420 g/mol. The van der Waals surface area contributed by atoms with Crippen LogP contribution in [0.4, 0.5) is 4.79 Å². The van der Waals surface area contributed by atoms with E-state index in [0.29, 0.717) is 35.6 Å². The van der Waals surface area contributed by atoms with E-state index in [1.807, 2.05) is 11.8 Å². The molecule has 6 nitrogen and oxygen atoms in total. The third-order valence-corrected chi connectivity index (χ3v) is 10.6. The van der Waals surface area contributed by atoms with Crippen molar-refractivity contribution in [3.05, 3.63) is 11.6 Å². The third-order valence-electron chi connectivity index (χ3n) is 9.04. The molecule has 7 heteroatoms. The number of unbranched alkanes of at least 4 members (excludes halogenated alkanes) is 1. The number of rotatable bonds is 5. The largest absolute Gasteiger partial charge is 0.336 e. The molecule has 3 amide bonds. The van der Waals surface area contributed by atoms with Crippen LogP contribution >= 0.6 is 11.8 Å². The molecule has 0 spiro atoms. The van der Waals surface area contributed by atoms with Gasteiger partial charge < -0.3 is 15.5 Å². The molecule has 7 atom stereocenters. The smallest absolute Gasteiger partial charge is 0.315 e. The first kappa shape index (κ1) is 21.3. The van der Waals surface area contributed by atoms with Gasteiger partial charge in [-0.25, -0.2) is 4.79 Å². The van der Waals surface area contributed by atoms with Crippen LogP contribution in [0.3, 0.4) is 0 Å². The van der Waals surface area contributed by atoms with Crippen LogP contribution in [0.25, 0.3) is 0 Å². The molecule has 5 saturated heterocycles. The van der Waals surface area contributed by atoms with Gasteiger partial charge in [0.2, 0.25) is 5.91 Å². The second kappa shape index (κ2) is 8.86. The average molecular weight is 459 g/mol. The SMILES string of the molecule is O=C1N[C@H]2[C@H](CS[C@H]2CCCCC(=O)N2CCCC3=C[C@H]4C[C@H](CN5CCCC[C@@H]45)[C@H]32)N1. The summed E-state index contributed by atoms with van der Waals surface area (Å²) in [7, 11) is 0. The molecule has 5 heterocycles. The van der Waals surface area contributed by atoms with Crippen LogP contribution in [0.15, 0.2) is 11.6 Å². The lowest BCUT2D eigenvalue weighted by molar-refractivity contribution is -0.136. The van der Waals surface area contributed by atoms with Gasteiger partial charge in [0.1, 0.15) is 0 Å². The Balaban J connectivity index is 1.04. The van der Waals surface area contributed by atoms with Gasteiger partial charge in [0.25, 0.3) is 0 Å². The molecule has 5 fully saturated rings. The van der Waals surface area contributed by atoms with Crippen molar-refractivity contribution in [2.24, 2.45) is 11.8 Å². The van der Waals surface area contributed by atoms with Crippen molar-refractivity contribution in [1.82, 2.24) is 20.4 Å². The number of piperidine rings is 3. The minimum absolute atomic E-state index is 0.0113. The topological polar surface area (TPSA) is 64.7 Å².